The summed E-state index contributed by atoms with van der Waals surface area (Å²) in [4.78, 5) is 3.31. The Labute approximate surface area is 118 Å². The van der Waals surface area contributed by atoms with Gasteiger partial charge in [0.15, 0.2) is 0 Å². The summed E-state index contributed by atoms with van der Waals surface area (Å²) in [5.41, 5.74) is 4.84. The maximum atomic E-state index is 4.40. The van der Waals surface area contributed by atoms with E-state index in [1.165, 1.54) is 22.0 Å². The van der Waals surface area contributed by atoms with E-state index in [1.807, 2.05) is 11.7 Å². The number of hydrogen-bond acceptors (Lipinski definition) is 2. The van der Waals surface area contributed by atoms with Gasteiger partial charge in [-0.05, 0) is 25.5 Å². The standard InChI is InChI=1S/C16H20N4/c1-11(15-10-20(3)19-12(15)2)17-8-13-9-18-16-7-5-4-6-14(13)16/h4-7,9-11,17-18H,8H2,1-3H3. The second-order valence-corrected chi connectivity index (χ2v) is 5.31. The van der Waals surface area contributed by atoms with Gasteiger partial charge < -0.3 is 10.3 Å². The van der Waals surface area contributed by atoms with E-state index in [1.54, 1.807) is 0 Å². The van der Waals surface area contributed by atoms with Crippen LogP contribution >= 0.6 is 0 Å². The van der Waals surface area contributed by atoms with Crippen molar-refractivity contribution in [3.05, 3.63) is 53.5 Å². The van der Waals surface area contributed by atoms with Gasteiger partial charge in [0.1, 0.15) is 0 Å². The van der Waals surface area contributed by atoms with Crippen LogP contribution in [0.15, 0.2) is 36.7 Å². The molecule has 1 aromatic carbocycles. The topological polar surface area (TPSA) is 45.6 Å². The molecular formula is C16H20N4. The van der Waals surface area contributed by atoms with Crippen LogP contribution in [0.3, 0.4) is 0 Å². The highest BCUT2D eigenvalue weighted by molar-refractivity contribution is 5.82. The lowest BCUT2D eigenvalue weighted by atomic mass is 10.1. The van der Waals surface area contributed by atoms with Gasteiger partial charge in [0, 0.05) is 48.5 Å². The Balaban J connectivity index is 1.74. The minimum absolute atomic E-state index is 0.289. The molecule has 4 nitrogen and oxygen atoms in total. The first-order valence-corrected chi connectivity index (χ1v) is 6.93. The molecule has 0 saturated carbocycles. The van der Waals surface area contributed by atoms with Gasteiger partial charge in [-0.1, -0.05) is 18.2 Å². The van der Waals surface area contributed by atoms with Crippen LogP contribution in [0.5, 0.6) is 0 Å². The van der Waals surface area contributed by atoms with E-state index in [4.69, 9.17) is 0 Å². The Kier molecular flexibility index (Phi) is 3.32. The predicted molar refractivity (Wildman–Crippen MR) is 81.5 cm³/mol. The Morgan fingerprint density at radius 2 is 2.15 bits per heavy atom. The molecule has 0 spiro atoms. The summed E-state index contributed by atoms with van der Waals surface area (Å²) in [6.07, 6.45) is 4.17. The summed E-state index contributed by atoms with van der Waals surface area (Å²) in [6, 6.07) is 8.68. The number of nitrogens with one attached hydrogen (secondary N) is 2. The van der Waals surface area contributed by atoms with Crippen molar-refractivity contribution in [2.24, 2.45) is 7.05 Å². The van der Waals surface area contributed by atoms with Crippen LogP contribution < -0.4 is 5.32 Å². The number of rotatable bonds is 4. The van der Waals surface area contributed by atoms with Crippen molar-refractivity contribution in [1.82, 2.24) is 20.1 Å². The Morgan fingerprint density at radius 1 is 1.35 bits per heavy atom. The summed E-state index contributed by atoms with van der Waals surface area (Å²) in [6.45, 7) is 5.08. The third-order valence-electron chi connectivity index (χ3n) is 3.79. The zero-order valence-corrected chi connectivity index (χ0v) is 12.1. The van der Waals surface area contributed by atoms with Gasteiger partial charge in [0.2, 0.25) is 0 Å². The van der Waals surface area contributed by atoms with Crippen LogP contribution in [0.1, 0.15) is 29.8 Å². The molecule has 0 fully saturated rings. The number of fused-ring (bicyclic) bond motifs is 1. The van der Waals surface area contributed by atoms with E-state index in [-0.39, 0.29) is 6.04 Å². The molecule has 0 aliphatic carbocycles. The first-order valence-electron chi connectivity index (χ1n) is 6.93. The van der Waals surface area contributed by atoms with Gasteiger partial charge in [-0.15, -0.1) is 0 Å². The molecule has 2 aromatic heterocycles. The van der Waals surface area contributed by atoms with Crippen LogP contribution in [-0.2, 0) is 13.6 Å². The lowest BCUT2D eigenvalue weighted by molar-refractivity contribution is 0.573. The molecule has 2 heterocycles. The van der Waals surface area contributed by atoms with Crippen molar-refractivity contribution in [3.8, 4) is 0 Å². The van der Waals surface area contributed by atoms with Crippen LogP contribution in [-0.4, -0.2) is 14.8 Å². The lowest BCUT2D eigenvalue weighted by Crippen LogP contribution is -2.18. The molecule has 0 amide bonds. The van der Waals surface area contributed by atoms with E-state index in [2.05, 4.69) is 65.9 Å². The molecule has 104 valence electrons. The summed E-state index contributed by atoms with van der Waals surface area (Å²) in [5.74, 6) is 0. The summed E-state index contributed by atoms with van der Waals surface area (Å²) < 4.78 is 1.87. The van der Waals surface area contributed by atoms with Crippen molar-refractivity contribution in [2.45, 2.75) is 26.4 Å². The van der Waals surface area contributed by atoms with E-state index >= 15 is 0 Å². The van der Waals surface area contributed by atoms with Crippen molar-refractivity contribution in [2.75, 3.05) is 0 Å². The fourth-order valence-corrected chi connectivity index (χ4v) is 2.69. The molecule has 3 rings (SSSR count). The lowest BCUT2D eigenvalue weighted by Gasteiger charge is -2.12. The maximum absolute atomic E-state index is 4.40. The number of aromatic amines is 1. The number of benzene rings is 1. The van der Waals surface area contributed by atoms with Crippen molar-refractivity contribution >= 4 is 10.9 Å². The molecular weight excluding hydrogens is 248 g/mol. The van der Waals surface area contributed by atoms with Crippen LogP contribution in [0.25, 0.3) is 10.9 Å². The summed E-state index contributed by atoms with van der Waals surface area (Å²) in [5, 5.41) is 9.26. The Hall–Kier alpha value is -2.07. The highest BCUT2D eigenvalue weighted by Crippen LogP contribution is 2.20. The molecule has 0 aliphatic rings. The average molecular weight is 268 g/mol. The summed E-state index contributed by atoms with van der Waals surface area (Å²) >= 11 is 0. The van der Waals surface area contributed by atoms with Crippen molar-refractivity contribution < 1.29 is 0 Å². The van der Waals surface area contributed by atoms with Gasteiger partial charge in [0.05, 0.1) is 5.69 Å². The zero-order valence-electron chi connectivity index (χ0n) is 12.1. The first kappa shape index (κ1) is 12.9. The second-order valence-electron chi connectivity index (χ2n) is 5.31. The van der Waals surface area contributed by atoms with Gasteiger partial charge in [-0.25, -0.2) is 0 Å². The molecule has 2 N–H and O–H groups in total. The van der Waals surface area contributed by atoms with Gasteiger partial charge in [-0.3, -0.25) is 4.68 Å². The van der Waals surface area contributed by atoms with Gasteiger partial charge in [0.25, 0.3) is 0 Å². The number of aromatic nitrogens is 3. The van der Waals surface area contributed by atoms with Gasteiger partial charge >= 0.3 is 0 Å². The third-order valence-corrected chi connectivity index (χ3v) is 3.79. The van der Waals surface area contributed by atoms with Crippen molar-refractivity contribution in [1.29, 1.82) is 0 Å². The van der Waals surface area contributed by atoms with E-state index in [9.17, 15) is 0 Å². The molecule has 4 heteroatoms. The van der Waals surface area contributed by atoms with Crippen LogP contribution in [0.2, 0.25) is 0 Å². The molecule has 0 saturated heterocycles. The van der Waals surface area contributed by atoms with Crippen LogP contribution in [0.4, 0.5) is 0 Å². The van der Waals surface area contributed by atoms with Crippen LogP contribution in [0, 0.1) is 6.92 Å². The highest BCUT2D eigenvalue weighted by atomic mass is 15.3. The van der Waals surface area contributed by atoms with E-state index < -0.39 is 0 Å². The van der Waals surface area contributed by atoms with Crippen molar-refractivity contribution in [3.63, 3.8) is 0 Å². The minimum Gasteiger partial charge on any atom is -0.361 e. The molecule has 1 atom stereocenters. The largest absolute Gasteiger partial charge is 0.361 e. The molecule has 20 heavy (non-hydrogen) atoms. The molecule has 0 radical (unpaired) electrons. The van der Waals surface area contributed by atoms with Gasteiger partial charge in [-0.2, -0.15) is 5.10 Å². The fraction of sp³-hybridized carbons (Fsp3) is 0.312. The molecule has 1 unspecified atom stereocenters. The SMILES string of the molecule is Cc1nn(C)cc1C(C)NCc1c[nH]c2ccccc12. The predicted octanol–water partition coefficient (Wildman–Crippen LogP) is 3.06. The smallest absolute Gasteiger partial charge is 0.0641 e. The highest BCUT2D eigenvalue weighted by Gasteiger charge is 2.12. The number of hydrogen-bond donors (Lipinski definition) is 2. The maximum Gasteiger partial charge on any atom is 0.0641 e. The van der Waals surface area contributed by atoms with E-state index in [0.717, 1.165) is 12.2 Å². The monoisotopic (exact) mass is 268 g/mol. The van der Waals surface area contributed by atoms with E-state index in [0.29, 0.717) is 0 Å². The zero-order chi connectivity index (χ0) is 14.1. The number of H-pyrrole nitrogens is 1. The number of aryl methyl sites for hydroxylation is 2. The molecule has 0 bridgehead atoms. The number of para-hydroxylation sites is 1. The summed E-state index contributed by atoms with van der Waals surface area (Å²) in [7, 11) is 1.96. The fourth-order valence-electron chi connectivity index (χ4n) is 2.69. The first-order chi connectivity index (χ1) is 9.65. The third kappa shape index (κ3) is 2.34. The second kappa shape index (κ2) is 5.13. The Morgan fingerprint density at radius 3 is 2.90 bits per heavy atom. The quantitative estimate of drug-likeness (QED) is 0.764. The Bertz CT molecular complexity index is 723. The minimum atomic E-state index is 0.289. The molecule has 3 aromatic rings. The normalized spacial score (nSPS) is 12.9. The molecule has 0 aliphatic heterocycles. The average Bonchev–Trinajstić information content (AvgIpc) is 2.99. The number of nitrogens with zero attached hydrogens (tertiary/aromatic N) is 2.